The molecule has 11 heteroatoms. The third-order valence-electron chi connectivity index (χ3n) is 6.39. The maximum Gasteiger partial charge on any atom is 0.237 e. The van der Waals surface area contributed by atoms with Crippen molar-refractivity contribution in [3.05, 3.63) is 46.8 Å². The fraction of sp³-hybridized carbons (Fsp3) is 0.455. The van der Waals surface area contributed by atoms with E-state index in [1.54, 1.807) is 11.0 Å². The lowest BCUT2D eigenvalue weighted by Crippen LogP contribution is -2.54. The molecule has 3 N–H and O–H groups in total. The van der Waals surface area contributed by atoms with E-state index in [1.165, 1.54) is 21.7 Å². The van der Waals surface area contributed by atoms with Crippen molar-refractivity contribution in [3.63, 3.8) is 0 Å². The average molecular weight is 510 g/mol. The molecule has 1 amide bonds. The Balaban J connectivity index is 1.42. The molecule has 0 radical (unpaired) electrons. The van der Waals surface area contributed by atoms with Crippen LogP contribution in [0.2, 0.25) is 5.02 Å². The summed E-state index contributed by atoms with van der Waals surface area (Å²) in [6, 6.07) is 7.32. The fourth-order valence-corrected chi connectivity index (χ4v) is 7.86. The Morgan fingerprint density at radius 3 is 2.64 bits per heavy atom. The van der Waals surface area contributed by atoms with E-state index in [1.807, 2.05) is 23.1 Å². The number of rotatable bonds is 6. The molecule has 1 aromatic carbocycles. The number of guanidine groups is 1. The molecular weight excluding hydrogens is 482 g/mol. The Morgan fingerprint density at radius 1 is 1.27 bits per heavy atom. The summed E-state index contributed by atoms with van der Waals surface area (Å²) < 4.78 is 29.1. The molecule has 1 atom stereocenters. The van der Waals surface area contributed by atoms with Gasteiger partial charge in [0.05, 0.1) is 6.54 Å². The van der Waals surface area contributed by atoms with Gasteiger partial charge >= 0.3 is 0 Å². The summed E-state index contributed by atoms with van der Waals surface area (Å²) >= 11 is 7.45. The van der Waals surface area contributed by atoms with Gasteiger partial charge in [0.2, 0.25) is 15.9 Å². The van der Waals surface area contributed by atoms with Crippen LogP contribution < -0.4 is 5.73 Å². The standard InChI is InChI=1S/C22H28ClN5O3S2/c1-2-20(19-11-16-3-4-17(23)12-18(16)32-19)33(30,31)28-10-9-27(21(29)14-28)13-15-5-7-26(8-6-15)22(24)25/h2-4,11-12,15,20H,1,5-10,13-14H2,(H3,24,25). The summed E-state index contributed by atoms with van der Waals surface area (Å²) in [6.07, 6.45) is 3.15. The lowest BCUT2D eigenvalue weighted by atomic mass is 9.96. The van der Waals surface area contributed by atoms with E-state index in [9.17, 15) is 13.2 Å². The second-order valence-corrected chi connectivity index (χ2v) is 12.1. The minimum atomic E-state index is -3.79. The molecule has 0 spiro atoms. The Labute approximate surface area is 203 Å². The van der Waals surface area contributed by atoms with E-state index >= 15 is 0 Å². The van der Waals surface area contributed by atoms with Crippen molar-refractivity contribution < 1.29 is 13.2 Å². The Hall–Kier alpha value is -2.14. The van der Waals surface area contributed by atoms with Crippen LogP contribution >= 0.6 is 22.9 Å². The van der Waals surface area contributed by atoms with E-state index in [0.29, 0.717) is 42.0 Å². The number of hydrogen-bond acceptors (Lipinski definition) is 5. The molecule has 178 valence electrons. The Bertz CT molecular complexity index is 1170. The van der Waals surface area contributed by atoms with Crippen LogP contribution in [0.1, 0.15) is 23.0 Å². The molecule has 0 bridgehead atoms. The molecule has 2 fully saturated rings. The summed E-state index contributed by atoms with van der Waals surface area (Å²) in [5.74, 6) is 0.241. The van der Waals surface area contributed by atoms with E-state index in [2.05, 4.69) is 6.58 Å². The molecular formula is C22H28ClN5O3S2. The van der Waals surface area contributed by atoms with E-state index in [4.69, 9.17) is 22.7 Å². The van der Waals surface area contributed by atoms with Crippen LogP contribution in [-0.2, 0) is 14.8 Å². The topological polar surface area (TPSA) is 111 Å². The van der Waals surface area contributed by atoms with Crippen LogP contribution in [0.15, 0.2) is 36.9 Å². The van der Waals surface area contributed by atoms with Gasteiger partial charge in [-0.25, -0.2) is 8.42 Å². The van der Waals surface area contributed by atoms with Crippen molar-refractivity contribution in [2.75, 3.05) is 39.3 Å². The van der Waals surface area contributed by atoms with Crippen molar-refractivity contribution >= 4 is 54.9 Å². The number of fused-ring (bicyclic) bond motifs is 1. The molecule has 2 saturated heterocycles. The minimum absolute atomic E-state index is 0.0851. The molecule has 8 nitrogen and oxygen atoms in total. The summed E-state index contributed by atoms with van der Waals surface area (Å²) in [7, 11) is -3.79. The lowest BCUT2D eigenvalue weighted by Gasteiger charge is -2.38. The van der Waals surface area contributed by atoms with Crippen LogP contribution in [0.5, 0.6) is 0 Å². The highest BCUT2D eigenvalue weighted by Crippen LogP contribution is 2.37. The molecule has 33 heavy (non-hydrogen) atoms. The van der Waals surface area contributed by atoms with Gasteiger partial charge in [0, 0.05) is 47.3 Å². The van der Waals surface area contributed by atoms with Gasteiger partial charge in [-0.2, -0.15) is 4.31 Å². The smallest absolute Gasteiger partial charge is 0.237 e. The van der Waals surface area contributed by atoms with Crippen molar-refractivity contribution in [2.24, 2.45) is 11.7 Å². The summed E-state index contributed by atoms with van der Waals surface area (Å²) in [5, 5.41) is 8.15. The molecule has 1 aromatic heterocycles. The second-order valence-electron chi connectivity index (χ2n) is 8.52. The van der Waals surface area contributed by atoms with Gasteiger partial charge in [-0.1, -0.05) is 23.7 Å². The second kappa shape index (κ2) is 9.61. The van der Waals surface area contributed by atoms with Gasteiger partial charge < -0.3 is 15.5 Å². The number of benzene rings is 1. The highest BCUT2D eigenvalue weighted by atomic mass is 35.5. The van der Waals surface area contributed by atoms with Gasteiger partial charge in [0.15, 0.2) is 5.96 Å². The maximum absolute atomic E-state index is 13.4. The summed E-state index contributed by atoms with van der Waals surface area (Å²) in [4.78, 5) is 17.1. The van der Waals surface area contributed by atoms with Crippen LogP contribution in [0.3, 0.4) is 0 Å². The number of likely N-dealkylation sites (tertiary alicyclic amines) is 1. The monoisotopic (exact) mass is 509 g/mol. The van der Waals surface area contributed by atoms with E-state index in [0.717, 1.165) is 22.9 Å². The quantitative estimate of drug-likeness (QED) is 0.353. The maximum atomic E-state index is 13.4. The largest absolute Gasteiger partial charge is 0.370 e. The molecule has 2 aliphatic rings. The van der Waals surface area contributed by atoms with Gasteiger partial charge in [-0.15, -0.1) is 17.9 Å². The number of nitrogens with two attached hydrogens (primary N) is 1. The van der Waals surface area contributed by atoms with Crippen LogP contribution in [0, 0.1) is 11.3 Å². The number of halogens is 1. The van der Waals surface area contributed by atoms with Gasteiger partial charge in [-0.05, 0) is 42.3 Å². The molecule has 2 aliphatic heterocycles. The highest BCUT2D eigenvalue weighted by molar-refractivity contribution is 7.89. The normalized spacial score (nSPS) is 19.7. The third-order valence-corrected chi connectivity index (χ3v) is 10.1. The zero-order valence-electron chi connectivity index (χ0n) is 18.2. The third kappa shape index (κ3) is 5.03. The number of amides is 1. The number of carbonyl (C=O) groups is 1. The molecule has 1 unspecified atom stereocenters. The highest BCUT2D eigenvalue weighted by Gasteiger charge is 2.38. The number of thiophene rings is 1. The first kappa shape index (κ1) is 24.0. The molecule has 2 aromatic rings. The van der Waals surface area contributed by atoms with E-state index in [-0.39, 0.29) is 25.0 Å². The predicted octanol–water partition coefficient (Wildman–Crippen LogP) is 2.86. The first-order valence-corrected chi connectivity index (χ1v) is 13.6. The fourth-order valence-electron chi connectivity index (χ4n) is 4.48. The van der Waals surface area contributed by atoms with Crippen molar-refractivity contribution in [1.29, 1.82) is 5.41 Å². The van der Waals surface area contributed by atoms with Crippen molar-refractivity contribution in [2.45, 2.75) is 18.1 Å². The number of nitrogens with zero attached hydrogens (tertiary/aromatic N) is 3. The molecule has 3 heterocycles. The Morgan fingerprint density at radius 2 is 2.00 bits per heavy atom. The number of piperidine rings is 1. The Kier molecular flexibility index (Phi) is 6.99. The number of hydrogen-bond donors (Lipinski definition) is 2. The summed E-state index contributed by atoms with van der Waals surface area (Å²) in [5.41, 5.74) is 5.55. The van der Waals surface area contributed by atoms with E-state index < -0.39 is 15.3 Å². The van der Waals surface area contributed by atoms with Gasteiger partial charge in [0.25, 0.3) is 0 Å². The van der Waals surface area contributed by atoms with Crippen molar-refractivity contribution in [3.8, 4) is 0 Å². The predicted molar refractivity (Wildman–Crippen MR) is 133 cm³/mol. The zero-order valence-corrected chi connectivity index (χ0v) is 20.6. The number of sulfonamides is 1. The molecule has 0 saturated carbocycles. The van der Waals surface area contributed by atoms with Gasteiger partial charge in [0.1, 0.15) is 5.25 Å². The van der Waals surface area contributed by atoms with Crippen LogP contribution in [0.25, 0.3) is 10.1 Å². The minimum Gasteiger partial charge on any atom is -0.370 e. The number of piperazine rings is 1. The zero-order chi connectivity index (χ0) is 23.8. The van der Waals surface area contributed by atoms with Crippen molar-refractivity contribution in [1.82, 2.24) is 14.1 Å². The van der Waals surface area contributed by atoms with Gasteiger partial charge in [-0.3, -0.25) is 10.2 Å². The molecule has 0 aliphatic carbocycles. The SMILES string of the molecule is C=CC(c1cc2ccc(Cl)cc2s1)S(=O)(=O)N1CCN(CC2CCN(C(=N)N)CC2)C(=O)C1. The lowest BCUT2D eigenvalue weighted by molar-refractivity contribution is -0.135. The molecule has 4 rings (SSSR count). The number of nitrogens with one attached hydrogen (secondary N) is 1. The van der Waals surface area contributed by atoms with Crippen LogP contribution in [0.4, 0.5) is 0 Å². The summed E-state index contributed by atoms with van der Waals surface area (Å²) in [6.45, 7) is 6.28. The number of carbonyl (C=O) groups excluding carboxylic acids is 1. The first-order valence-electron chi connectivity index (χ1n) is 10.9. The van der Waals surface area contributed by atoms with Crippen LogP contribution in [-0.4, -0.2) is 73.7 Å². The average Bonchev–Trinajstić information content (AvgIpc) is 3.18. The first-order chi connectivity index (χ1) is 15.7.